The highest BCUT2D eigenvalue weighted by Crippen LogP contribution is 2.39. The van der Waals surface area contributed by atoms with E-state index >= 15 is 0 Å². The predicted molar refractivity (Wildman–Crippen MR) is 88.0 cm³/mol. The number of carbonyl (C=O) groups is 1. The fraction of sp³-hybridized carbons (Fsp3) is 0.688. The van der Waals surface area contributed by atoms with Crippen LogP contribution < -0.4 is 10.6 Å². The lowest BCUT2D eigenvalue weighted by Crippen LogP contribution is -2.54. The molecule has 3 rings (SSSR count). The predicted octanol–water partition coefficient (Wildman–Crippen LogP) is 0.914. The van der Waals surface area contributed by atoms with Crippen molar-refractivity contribution in [2.75, 3.05) is 50.5 Å². The highest BCUT2D eigenvalue weighted by Gasteiger charge is 2.42. The van der Waals surface area contributed by atoms with Gasteiger partial charge in [0.1, 0.15) is 5.82 Å². The van der Waals surface area contributed by atoms with E-state index in [2.05, 4.69) is 14.9 Å². The van der Waals surface area contributed by atoms with Crippen LogP contribution in [0.2, 0.25) is 0 Å². The lowest BCUT2D eigenvalue weighted by Gasteiger charge is -2.48. The Morgan fingerprint density at radius 1 is 1.39 bits per heavy atom. The molecule has 1 amide bonds. The fourth-order valence-corrected chi connectivity index (χ4v) is 3.73. The number of anilines is 2. The third-order valence-corrected chi connectivity index (χ3v) is 4.92. The number of carbonyl (C=O) groups excluding carboxylic acids is 1. The van der Waals surface area contributed by atoms with Gasteiger partial charge in [-0.25, -0.2) is 4.98 Å². The van der Waals surface area contributed by atoms with Gasteiger partial charge in [-0.15, -0.1) is 0 Å². The van der Waals surface area contributed by atoms with E-state index in [-0.39, 0.29) is 11.3 Å². The van der Waals surface area contributed by atoms with E-state index in [0.717, 1.165) is 38.9 Å². The van der Waals surface area contributed by atoms with Gasteiger partial charge in [-0.2, -0.15) is 4.98 Å². The number of hydrogen-bond acceptors (Lipinski definition) is 6. The summed E-state index contributed by atoms with van der Waals surface area (Å²) in [5.74, 6) is 1.43. The highest BCUT2D eigenvalue weighted by molar-refractivity contribution is 5.77. The van der Waals surface area contributed by atoms with Crippen LogP contribution in [0.3, 0.4) is 0 Å². The first-order chi connectivity index (χ1) is 11.1. The normalized spacial score (nSPS) is 25.2. The molecule has 1 atom stereocenters. The summed E-state index contributed by atoms with van der Waals surface area (Å²) in [4.78, 5) is 25.0. The minimum absolute atomic E-state index is 0.133. The molecule has 126 valence electrons. The van der Waals surface area contributed by atoms with Crippen LogP contribution in [0.5, 0.6) is 0 Å². The summed E-state index contributed by atoms with van der Waals surface area (Å²) in [6.45, 7) is 3.88. The van der Waals surface area contributed by atoms with Gasteiger partial charge in [0, 0.05) is 51.3 Å². The third kappa shape index (κ3) is 3.55. The van der Waals surface area contributed by atoms with E-state index < -0.39 is 0 Å². The molecule has 2 aliphatic rings. The van der Waals surface area contributed by atoms with Crippen LogP contribution in [-0.2, 0) is 9.53 Å². The largest absolute Gasteiger partial charge is 0.384 e. The van der Waals surface area contributed by atoms with Crippen molar-refractivity contribution >= 4 is 17.7 Å². The molecule has 0 aromatic carbocycles. The fourth-order valence-electron chi connectivity index (χ4n) is 3.73. The molecule has 7 nitrogen and oxygen atoms in total. The van der Waals surface area contributed by atoms with Crippen molar-refractivity contribution in [3.05, 3.63) is 12.3 Å². The van der Waals surface area contributed by atoms with Crippen LogP contribution in [0.1, 0.15) is 25.7 Å². The van der Waals surface area contributed by atoms with E-state index in [1.165, 1.54) is 0 Å². The first-order valence-corrected chi connectivity index (χ1v) is 8.22. The molecule has 1 unspecified atom stereocenters. The minimum Gasteiger partial charge on any atom is -0.384 e. The molecule has 3 heterocycles. The number of aromatic nitrogens is 2. The van der Waals surface area contributed by atoms with Crippen molar-refractivity contribution in [1.29, 1.82) is 0 Å². The number of nitrogens with zero attached hydrogens (tertiary/aromatic N) is 4. The number of methoxy groups -OCH3 is 1. The molecule has 0 saturated carbocycles. The number of nitrogens with two attached hydrogens (primary N) is 1. The smallest absolute Gasteiger partial charge is 0.227 e. The highest BCUT2D eigenvalue weighted by atomic mass is 16.5. The van der Waals surface area contributed by atoms with E-state index in [1.807, 2.05) is 4.90 Å². The maximum Gasteiger partial charge on any atom is 0.227 e. The Hall–Kier alpha value is -1.89. The SMILES string of the molecule is COCCN1CC2(CCCN(c3nccc(N)n3)C2)CCC1=O. The summed E-state index contributed by atoms with van der Waals surface area (Å²) in [7, 11) is 1.67. The van der Waals surface area contributed by atoms with Gasteiger partial charge in [0.05, 0.1) is 6.61 Å². The molecule has 7 heteroatoms. The zero-order valence-corrected chi connectivity index (χ0v) is 13.7. The maximum atomic E-state index is 12.1. The second kappa shape index (κ2) is 6.70. The summed E-state index contributed by atoms with van der Waals surface area (Å²) in [6.07, 6.45) is 5.49. The van der Waals surface area contributed by atoms with Gasteiger partial charge in [-0.3, -0.25) is 4.79 Å². The number of hydrogen-bond donors (Lipinski definition) is 1. The summed E-state index contributed by atoms with van der Waals surface area (Å²) in [6, 6.07) is 1.70. The quantitative estimate of drug-likeness (QED) is 0.888. The molecule has 2 saturated heterocycles. The van der Waals surface area contributed by atoms with Crippen LogP contribution in [-0.4, -0.2) is 60.7 Å². The van der Waals surface area contributed by atoms with Crippen molar-refractivity contribution in [1.82, 2.24) is 14.9 Å². The zero-order chi connectivity index (χ0) is 16.3. The second-order valence-electron chi connectivity index (χ2n) is 6.61. The molecular formula is C16H25N5O2. The molecular weight excluding hydrogens is 294 g/mol. The zero-order valence-electron chi connectivity index (χ0n) is 13.7. The third-order valence-electron chi connectivity index (χ3n) is 4.92. The molecule has 2 fully saturated rings. The molecule has 0 bridgehead atoms. The van der Waals surface area contributed by atoms with Crippen molar-refractivity contribution < 1.29 is 9.53 Å². The number of rotatable bonds is 4. The molecule has 1 aromatic rings. The number of ether oxygens (including phenoxy) is 1. The Balaban J connectivity index is 1.72. The van der Waals surface area contributed by atoms with Gasteiger partial charge < -0.3 is 20.3 Å². The second-order valence-corrected chi connectivity index (χ2v) is 6.61. The molecule has 1 spiro atoms. The van der Waals surface area contributed by atoms with Gasteiger partial charge in [-0.05, 0) is 25.3 Å². The molecule has 23 heavy (non-hydrogen) atoms. The van der Waals surface area contributed by atoms with Crippen molar-refractivity contribution in [2.24, 2.45) is 5.41 Å². The average Bonchev–Trinajstić information content (AvgIpc) is 2.56. The topological polar surface area (TPSA) is 84.6 Å². The van der Waals surface area contributed by atoms with E-state index in [9.17, 15) is 4.79 Å². The van der Waals surface area contributed by atoms with E-state index in [0.29, 0.717) is 31.3 Å². The Morgan fingerprint density at radius 3 is 3.04 bits per heavy atom. The molecule has 2 aliphatic heterocycles. The van der Waals surface area contributed by atoms with Crippen LogP contribution in [0.25, 0.3) is 0 Å². The first kappa shape index (κ1) is 16.0. The molecule has 1 aromatic heterocycles. The lowest BCUT2D eigenvalue weighted by molar-refractivity contribution is -0.138. The van der Waals surface area contributed by atoms with Gasteiger partial charge in [0.15, 0.2) is 0 Å². The Morgan fingerprint density at radius 2 is 2.26 bits per heavy atom. The van der Waals surface area contributed by atoms with Crippen LogP contribution >= 0.6 is 0 Å². The Kier molecular flexibility index (Phi) is 4.66. The van der Waals surface area contributed by atoms with Gasteiger partial charge >= 0.3 is 0 Å². The van der Waals surface area contributed by atoms with E-state index in [1.54, 1.807) is 19.4 Å². The molecule has 0 aliphatic carbocycles. The van der Waals surface area contributed by atoms with Gasteiger partial charge in [0.2, 0.25) is 11.9 Å². The van der Waals surface area contributed by atoms with Crippen LogP contribution in [0.15, 0.2) is 12.3 Å². The van der Waals surface area contributed by atoms with Crippen molar-refractivity contribution in [3.8, 4) is 0 Å². The number of piperidine rings is 2. The van der Waals surface area contributed by atoms with Crippen molar-refractivity contribution in [3.63, 3.8) is 0 Å². The van der Waals surface area contributed by atoms with Gasteiger partial charge in [-0.1, -0.05) is 0 Å². The summed E-state index contributed by atoms with van der Waals surface area (Å²) in [5, 5.41) is 0. The van der Waals surface area contributed by atoms with Crippen molar-refractivity contribution in [2.45, 2.75) is 25.7 Å². The summed E-state index contributed by atoms with van der Waals surface area (Å²) in [5.41, 5.74) is 5.92. The Labute approximate surface area is 136 Å². The van der Waals surface area contributed by atoms with E-state index in [4.69, 9.17) is 10.5 Å². The average molecular weight is 319 g/mol. The number of amides is 1. The number of likely N-dealkylation sites (tertiary alicyclic amines) is 1. The van der Waals surface area contributed by atoms with Crippen LogP contribution in [0, 0.1) is 5.41 Å². The maximum absolute atomic E-state index is 12.1. The number of nitrogen functional groups attached to an aromatic ring is 1. The Bertz CT molecular complexity index is 567. The summed E-state index contributed by atoms with van der Waals surface area (Å²) >= 11 is 0. The minimum atomic E-state index is 0.133. The molecule has 0 radical (unpaired) electrons. The monoisotopic (exact) mass is 319 g/mol. The van der Waals surface area contributed by atoms with Crippen LogP contribution in [0.4, 0.5) is 11.8 Å². The van der Waals surface area contributed by atoms with Gasteiger partial charge in [0.25, 0.3) is 0 Å². The first-order valence-electron chi connectivity index (χ1n) is 8.22. The standard InChI is InChI=1S/C16H25N5O2/c1-23-10-9-20-11-16(6-3-14(20)22)5-2-8-21(12-16)15-18-7-4-13(17)19-15/h4,7H,2-3,5-6,8-12H2,1H3,(H2,17,18,19). The molecule has 2 N–H and O–H groups in total. The summed E-state index contributed by atoms with van der Waals surface area (Å²) < 4.78 is 5.13. The lowest BCUT2D eigenvalue weighted by atomic mass is 9.73.